The van der Waals surface area contributed by atoms with E-state index in [9.17, 15) is 0 Å². The fraction of sp³-hybridized carbons (Fsp3) is 0.286. The van der Waals surface area contributed by atoms with Gasteiger partial charge < -0.3 is 15.5 Å². The van der Waals surface area contributed by atoms with Gasteiger partial charge in [0.25, 0.3) is 0 Å². The molecule has 2 aromatic rings. The standard InChI is InChI=1S/C14H18BrN5/c1-19(8-7-16)13-9-14(18-10-17-13)20(2)12-6-4-3-5-11(12)15/h3-6,9-10H,7-8,16H2,1-2H3. The Bertz CT molecular complexity index is 575. The normalized spacial score (nSPS) is 10.4. The van der Waals surface area contributed by atoms with Crippen LogP contribution in [0.3, 0.4) is 0 Å². The van der Waals surface area contributed by atoms with Crippen molar-refractivity contribution in [1.82, 2.24) is 9.97 Å². The predicted molar refractivity (Wildman–Crippen MR) is 86.6 cm³/mol. The molecule has 2 N–H and O–H groups in total. The van der Waals surface area contributed by atoms with Crippen molar-refractivity contribution in [2.24, 2.45) is 5.73 Å². The van der Waals surface area contributed by atoms with Crippen molar-refractivity contribution in [2.45, 2.75) is 0 Å². The summed E-state index contributed by atoms with van der Waals surface area (Å²) >= 11 is 3.55. The minimum Gasteiger partial charge on any atom is -0.358 e. The van der Waals surface area contributed by atoms with Crippen LogP contribution >= 0.6 is 15.9 Å². The van der Waals surface area contributed by atoms with Gasteiger partial charge in [-0.2, -0.15) is 0 Å². The highest BCUT2D eigenvalue weighted by molar-refractivity contribution is 9.10. The maximum absolute atomic E-state index is 5.57. The maximum atomic E-state index is 5.57. The molecule has 0 saturated heterocycles. The largest absolute Gasteiger partial charge is 0.358 e. The van der Waals surface area contributed by atoms with Crippen molar-refractivity contribution < 1.29 is 0 Å². The molecule has 1 heterocycles. The summed E-state index contributed by atoms with van der Waals surface area (Å²) in [5.41, 5.74) is 6.63. The Morgan fingerprint density at radius 1 is 1.15 bits per heavy atom. The van der Waals surface area contributed by atoms with Gasteiger partial charge in [-0.3, -0.25) is 0 Å². The zero-order chi connectivity index (χ0) is 14.5. The molecule has 0 amide bonds. The third-order valence-electron chi connectivity index (χ3n) is 3.05. The molecule has 0 aliphatic carbocycles. The molecule has 0 saturated carbocycles. The molecule has 0 unspecified atom stereocenters. The van der Waals surface area contributed by atoms with Crippen LogP contribution in [0, 0.1) is 0 Å². The highest BCUT2D eigenvalue weighted by Gasteiger charge is 2.11. The molecule has 0 fully saturated rings. The average Bonchev–Trinajstić information content (AvgIpc) is 2.47. The highest BCUT2D eigenvalue weighted by Crippen LogP contribution is 2.30. The number of hydrogen-bond acceptors (Lipinski definition) is 5. The van der Waals surface area contributed by atoms with Crippen LogP contribution < -0.4 is 15.5 Å². The first-order chi connectivity index (χ1) is 9.63. The Hall–Kier alpha value is -1.66. The van der Waals surface area contributed by atoms with Crippen molar-refractivity contribution in [3.8, 4) is 0 Å². The number of nitrogens with zero attached hydrogens (tertiary/aromatic N) is 4. The molecule has 20 heavy (non-hydrogen) atoms. The summed E-state index contributed by atoms with van der Waals surface area (Å²) in [4.78, 5) is 12.6. The topological polar surface area (TPSA) is 58.3 Å². The minimum absolute atomic E-state index is 0.593. The van der Waals surface area contributed by atoms with E-state index in [4.69, 9.17) is 5.73 Å². The lowest BCUT2D eigenvalue weighted by atomic mass is 10.3. The van der Waals surface area contributed by atoms with Crippen LogP contribution in [0.4, 0.5) is 17.3 Å². The molecule has 106 valence electrons. The number of hydrogen-bond donors (Lipinski definition) is 1. The number of benzene rings is 1. The summed E-state index contributed by atoms with van der Waals surface area (Å²) in [6.07, 6.45) is 1.57. The van der Waals surface area contributed by atoms with Gasteiger partial charge in [-0.15, -0.1) is 0 Å². The van der Waals surface area contributed by atoms with Crippen molar-refractivity contribution in [2.75, 3.05) is 37.0 Å². The van der Waals surface area contributed by atoms with E-state index in [1.807, 2.05) is 54.2 Å². The van der Waals surface area contributed by atoms with Gasteiger partial charge in [-0.25, -0.2) is 9.97 Å². The van der Waals surface area contributed by atoms with Crippen LogP contribution in [-0.2, 0) is 0 Å². The van der Waals surface area contributed by atoms with E-state index in [1.54, 1.807) is 6.33 Å². The molecule has 0 spiro atoms. The summed E-state index contributed by atoms with van der Waals surface area (Å²) in [5.74, 6) is 1.70. The van der Waals surface area contributed by atoms with Crippen LogP contribution in [0.5, 0.6) is 0 Å². The molecule has 2 rings (SSSR count). The summed E-state index contributed by atoms with van der Waals surface area (Å²) in [7, 11) is 3.95. The monoisotopic (exact) mass is 335 g/mol. The average molecular weight is 336 g/mol. The molecule has 0 aliphatic heterocycles. The van der Waals surface area contributed by atoms with Gasteiger partial charge in [-0.1, -0.05) is 12.1 Å². The SMILES string of the molecule is CN(CCN)c1cc(N(C)c2ccccc2Br)ncn1. The first-order valence-corrected chi connectivity index (χ1v) is 7.14. The molecular weight excluding hydrogens is 318 g/mol. The van der Waals surface area contributed by atoms with Gasteiger partial charge in [0.2, 0.25) is 0 Å². The minimum atomic E-state index is 0.593. The Labute approximate surface area is 127 Å². The van der Waals surface area contributed by atoms with E-state index in [1.165, 1.54) is 0 Å². The molecule has 0 atom stereocenters. The van der Waals surface area contributed by atoms with Crippen molar-refractivity contribution in [1.29, 1.82) is 0 Å². The van der Waals surface area contributed by atoms with E-state index in [0.717, 1.165) is 28.3 Å². The predicted octanol–water partition coefficient (Wildman–Crippen LogP) is 2.40. The van der Waals surface area contributed by atoms with E-state index < -0.39 is 0 Å². The lowest BCUT2D eigenvalue weighted by Crippen LogP contribution is -2.26. The Morgan fingerprint density at radius 2 is 1.85 bits per heavy atom. The number of nitrogens with two attached hydrogens (primary N) is 1. The van der Waals surface area contributed by atoms with Crippen LogP contribution in [-0.4, -0.2) is 37.2 Å². The lowest BCUT2D eigenvalue weighted by Gasteiger charge is -2.22. The van der Waals surface area contributed by atoms with Crippen molar-refractivity contribution in [3.05, 3.63) is 41.1 Å². The molecule has 6 heteroatoms. The third-order valence-corrected chi connectivity index (χ3v) is 3.72. The number of para-hydroxylation sites is 1. The first-order valence-electron chi connectivity index (χ1n) is 6.35. The van der Waals surface area contributed by atoms with Crippen LogP contribution in [0.1, 0.15) is 0 Å². The smallest absolute Gasteiger partial charge is 0.138 e. The number of anilines is 3. The third kappa shape index (κ3) is 3.26. The van der Waals surface area contributed by atoms with Gasteiger partial charge in [0.05, 0.1) is 5.69 Å². The summed E-state index contributed by atoms with van der Waals surface area (Å²) < 4.78 is 1.03. The second kappa shape index (κ2) is 6.67. The molecule has 0 bridgehead atoms. The van der Waals surface area contributed by atoms with Gasteiger partial charge in [-0.05, 0) is 28.1 Å². The Morgan fingerprint density at radius 3 is 2.55 bits per heavy atom. The van der Waals surface area contributed by atoms with Gasteiger partial charge in [0.15, 0.2) is 0 Å². The summed E-state index contributed by atoms with van der Waals surface area (Å²) in [6.45, 7) is 1.35. The summed E-state index contributed by atoms with van der Waals surface area (Å²) in [5, 5.41) is 0. The molecule has 5 nitrogen and oxygen atoms in total. The molecular formula is C14H18BrN5. The lowest BCUT2D eigenvalue weighted by molar-refractivity contribution is 0.863. The van der Waals surface area contributed by atoms with Gasteiger partial charge >= 0.3 is 0 Å². The molecule has 1 aromatic heterocycles. The summed E-state index contributed by atoms with van der Waals surface area (Å²) in [6, 6.07) is 9.99. The Balaban J connectivity index is 2.29. The number of rotatable bonds is 5. The molecule has 0 radical (unpaired) electrons. The maximum Gasteiger partial charge on any atom is 0.138 e. The number of halogens is 1. The van der Waals surface area contributed by atoms with E-state index in [0.29, 0.717) is 6.54 Å². The zero-order valence-electron chi connectivity index (χ0n) is 11.6. The second-order valence-electron chi connectivity index (χ2n) is 4.46. The highest BCUT2D eigenvalue weighted by atomic mass is 79.9. The van der Waals surface area contributed by atoms with Crippen LogP contribution in [0.25, 0.3) is 0 Å². The van der Waals surface area contributed by atoms with Gasteiger partial charge in [0.1, 0.15) is 18.0 Å². The van der Waals surface area contributed by atoms with Crippen LogP contribution in [0.15, 0.2) is 41.1 Å². The fourth-order valence-corrected chi connectivity index (χ4v) is 2.44. The van der Waals surface area contributed by atoms with Crippen LogP contribution in [0.2, 0.25) is 0 Å². The first kappa shape index (κ1) is 14.7. The van der Waals surface area contributed by atoms with Crippen molar-refractivity contribution in [3.63, 3.8) is 0 Å². The number of aromatic nitrogens is 2. The molecule has 0 aliphatic rings. The Kier molecular flexibility index (Phi) is 4.92. The van der Waals surface area contributed by atoms with E-state index in [-0.39, 0.29) is 0 Å². The van der Waals surface area contributed by atoms with Gasteiger partial charge in [0, 0.05) is 37.7 Å². The second-order valence-corrected chi connectivity index (χ2v) is 5.31. The van der Waals surface area contributed by atoms with E-state index in [2.05, 4.69) is 25.9 Å². The fourth-order valence-electron chi connectivity index (χ4n) is 1.88. The molecule has 1 aromatic carbocycles. The van der Waals surface area contributed by atoms with E-state index >= 15 is 0 Å². The van der Waals surface area contributed by atoms with Crippen molar-refractivity contribution >= 4 is 33.3 Å². The quantitative estimate of drug-likeness (QED) is 0.909. The number of likely N-dealkylation sites (N-methyl/N-ethyl adjacent to an activating group) is 1. The zero-order valence-corrected chi connectivity index (χ0v) is 13.2.